The molecule has 0 aliphatic carbocycles. The van der Waals surface area contributed by atoms with Gasteiger partial charge in [-0.2, -0.15) is 0 Å². The number of nitrogens with two attached hydrogens (primary N) is 1. The minimum Gasteiger partial charge on any atom is -0.409 e. The predicted molar refractivity (Wildman–Crippen MR) is 68.3 cm³/mol. The zero-order valence-corrected chi connectivity index (χ0v) is 10.9. The Balaban J connectivity index is 2.52. The van der Waals surface area contributed by atoms with E-state index in [-0.39, 0.29) is 6.04 Å². The number of nitrogens with zero attached hydrogens (tertiary/aromatic N) is 2. The second-order valence-corrected chi connectivity index (χ2v) is 4.58. The molecule has 3 N–H and O–H groups in total. The van der Waals surface area contributed by atoms with Crippen LogP contribution >= 0.6 is 0 Å². The summed E-state index contributed by atoms with van der Waals surface area (Å²) in [5.41, 5.74) is 5.72. The monoisotopic (exact) mass is 243 g/mol. The maximum Gasteiger partial charge on any atom is 0.156 e. The Hall–Kier alpha value is -0.810. The normalized spacial score (nSPS) is 24.8. The number of piperidine rings is 1. The molecule has 5 heteroatoms. The van der Waals surface area contributed by atoms with Gasteiger partial charge >= 0.3 is 0 Å². The van der Waals surface area contributed by atoms with Crippen molar-refractivity contribution >= 4 is 5.84 Å². The topological polar surface area (TPSA) is 71.1 Å². The van der Waals surface area contributed by atoms with E-state index in [0.29, 0.717) is 11.9 Å². The lowest BCUT2D eigenvalue weighted by molar-refractivity contribution is -0.00583. The SMILES string of the molecule is CCCOC1CCCN(C(CC)C(N)=NO)C1. The van der Waals surface area contributed by atoms with Gasteiger partial charge in [-0.1, -0.05) is 19.0 Å². The van der Waals surface area contributed by atoms with Crippen molar-refractivity contribution in [1.82, 2.24) is 4.90 Å². The Labute approximate surface area is 104 Å². The van der Waals surface area contributed by atoms with Crippen molar-refractivity contribution in [3.05, 3.63) is 0 Å². The van der Waals surface area contributed by atoms with Crippen molar-refractivity contribution < 1.29 is 9.94 Å². The molecule has 0 aromatic rings. The van der Waals surface area contributed by atoms with Crippen LogP contribution in [0.2, 0.25) is 0 Å². The van der Waals surface area contributed by atoms with Gasteiger partial charge in [-0.3, -0.25) is 4.90 Å². The zero-order valence-electron chi connectivity index (χ0n) is 10.9. The lowest BCUT2D eigenvalue weighted by Gasteiger charge is -2.37. The van der Waals surface area contributed by atoms with E-state index >= 15 is 0 Å². The molecule has 0 saturated carbocycles. The second kappa shape index (κ2) is 7.50. The molecule has 1 aliphatic heterocycles. The molecule has 0 spiro atoms. The molecule has 2 unspecified atom stereocenters. The summed E-state index contributed by atoms with van der Waals surface area (Å²) in [6, 6.07) is 0.0352. The Morgan fingerprint density at radius 3 is 2.94 bits per heavy atom. The Kier molecular flexibility index (Phi) is 6.29. The lowest BCUT2D eigenvalue weighted by atomic mass is 10.0. The number of likely N-dealkylation sites (tertiary alicyclic amines) is 1. The lowest BCUT2D eigenvalue weighted by Crippen LogP contribution is -2.50. The first-order chi connectivity index (χ1) is 8.22. The number of ether oxygens (including phenoxy) is 1. The molecular formula is C12H25N3O2. The molecule has 1 saturated heterocycles. The molecule has 0 bridgehead atoms. The summed E-state index contributed by atoms with van der Waals surface area (Å²) in [4.78, 5) is 2.26. The zero-order chi connectivity index (χ0) is 12.7. The molecule has 100 valence electrons. The van der Waals surface area contributed by atoms with Crippen molar-refractivity contribution in [1.29, 1.82) is 0 Å². The van der Waals surface area contributed by atoms with Crippen molar-refractivity contribution in [2.24, 2.45) is 10.9 Å². The van der Waals surface area contributed by atoms with Gasteiger partial charge in [0, 0.05) is 13.2 Å². The minimum absolute atomic E-state index is 0.0352. The van der Waals surface area contributed by atoms with Crippen molar-refractivity contribution in [2.75, 3.05) is 19.7 Å². The van der Waals surface area contributed by atoms with E-state index in [2.05, 4.69) is 23.9 Å². The number of hydrogen-bond acceptors (Lipinski definition) is 4. The van der Waals surface area contributed by atoms with Gasteiger partial charge in [0.15, 0.2) is 5.84 Å². The van der Waals surface area contributed by atoms with Crippen LogP contribution in [0.1, 0.15) is 39.5 Å². The number of hydrogen-bond donors (Lipinski definition) is 2. The van der Waals surface area contributed by atoms with Crippen LogP contribution in [-0.2, 0) is 4.74 Å². The highest BCUT2D eigenvalue weighted by Gasteiger charge is 2.27. The molecule has 1 aliphatic rings. The summed E-state index contributed by atoms with van der Waals surface area (Å²) < 4.78 is 5.79. The van der Waals surface area contributed by atoms with Gasteiger partial charge < -0.3 is 15.7 Å². The highest BCUT2D eigenvalue weighted by atomic mass is 16.5. The third kappa shape index (κ3) is 4.16. The smallest absolute Gasteiger partial charge is 0.156 e. The fourth-order valence-corrected chi connectivity index (χ4v) is 2.39. The average molecular weight is 243 g/mol. The third-order valence-electron chi connectivity index (χ3n) is 3.25. The fourth-order valence-electron chi connectivity index (χ4n) is 2.39. The van der Waals surface area contributed by atoms with Crippen molar-refractivity contribution in [3.8, 4) is 0 Å². The first-order valence-corrected chi connectivity index (χ1v) is 6.55. The molecule has 0 aromatic carbocycles. The van der Waals surface area contributed by atoms with Crippen LogP contribution in [0.3, 0.4) is 0 Å². The van der Waals surface area contributed by atoms with E-state index in [1.54, 1.807) is 0 Å². The van der Waals surface area contributed by atoms with Gasteiger partial charge in [-0.15, -0.1) is 0 Å². The Morgan fingerprint density at radius 2 is 2.35 bits per heavy atom. The molecule has 0 radical (unpaired) electrons. The first kappa shape index (κ1) is 14.3. The van der Waals surface area contributed by atoms with Crippen LogP contribution in [0, 0.1) is 0 Å². The van der Waals surface area contributed by atoms with Gasteiger partial charge in [0.05, 0.1) is 12.1 Å². The van der Waals surface area contributed by atoms with E-state index in [9.17, 15) is 0 Å². The van der Waals surface area contributed by atoms with Crippen LogP contribution in [0.5, 0.6) is 0 Å². The summed E-state index contributed by atoms with van der Waals surface area (Å²) in [7, 11) is 0. The molecule has 1 heterocycles. The molecule has 5 nitrogen and oxygen atoms in total. The van der Waals surface area contributed by atoms with E-state index in [0.717, 1.165) is 45.4 Å². The largest absolute Gasteiger partial charge is 0.409 e. The fraction of sp³-hybridized carbons (Fsp3) is 0.917. The van der Waals surface area contributed by atoms with Gasteiger partial charge in [0.1, 0.15) is 0 Å². The molecule has 17 heavy (non-hydrogen) atoms. The molecule has 1 fully saturated rings. The quantitative estimate of drug-likeness (QED) is 0.320. The van der Waals surface area contributed by atoms with E-state index < -0.39 is 0 Å². The van der Waals surface area contributed by atoms with Crippen LogP contribution in [0.15, 0.2) is 5.16 Å². The van der Waals surface area contributed by atoms with E-state index in [1.165, 1.54) is 0 Å². The molecule has 2 atom stereocenters. The van der Waals surface area contributed by atoms with Crippen LogP contribution in [-0.4, -0.2) is 47.8 Å². The summed E-state index contributed by atoms with van der Waals surface area (Å²) in [5, 5.41) is 11.9. The van der Waals surface area contributed by atoms with Crippen LogP contribution in [0.25, 0.3) is 0 Å². The van der Waals surface area contributed by atoms with Gasteiger partial charge in [0.25, 0.3) is 0 Å². The molecule has 0 amide bonds. The number of oxime groups is 1. The van der Waals surface area contributed by atoms with E-state index in [4.69, 9.17) is 15.7 Å². The Bertz CT molecular complexity index is 246. The third-order valence-corrected chi connectivity index (χ3v) is 3.25. The first-order valence-electron chi connectivity index (χ1n) is 6.55. The summed E-state index contributed by atoms with van der Waals surface area (Å²) in [5.74, 6) is 0.309. The summed E-state index contributed by atoms with van der Waals surface area (Å²) in [6.07, 6.45) is 4.43. The maximum atomic E-state index is 8.78. The maximum absolute atomic E-state index is 8.78. The summed E-state index contributed by atoms with van der Waals surface area (Å²) in [6.45, 7) is 6.87. The standard InChI is InChI=1S/C12H25N3O2/c1-3-8-17-10-6-5-7-15(9-10)11(4-2)12(13)14-16/h10-11,16H,3-9H2,1-2H3,(H2,13,14). The summed E-state index contributed by atoms with van der Waals surface area (Å²) >= 11 is 0. The molecule has 0 aromatic heterocycles. The van der Waals surface area contributed by atoms with Crippen LogP contribution in [0.4, 0.5) is 0 Å². The Morgan fingerprint density at radius 1 is 1.59 bits per heavy atom. The predicted octanol–water partition coefficient (Wildman–Crippen LogP) is 1.40. The van der Waals surface area contributed by atoms with Crippen molar-refractivity contribution in [2.45, 2.75) is 51.7 Å². The molecular weight excluding hydrogens is 218 g/mol. The second-order valence-electron chi connectivity index (χ2n) is 4.58. The number of amidine groups is 1. The molecule has 1 rings (SSSR count). The highest BCUT2D eigenvalue weighted by molar-refractivity contribution is 5.85. The van der Waals surface area contributed by atoms with Crippen LogP contribution < -0.4 is 5.73 Å². The number of rotatable bonds is 6. The van der Waals surface area contributed by atoms with Gasteiger partial charge in [-0.05, 0) is 32.2 Å². The van der Waals surface area contributed by atoms with Gasteiger partial charge in [0.2, 0.25) is 0 Å². The minimum atomic E-state index is 0.0352. The average Bonchev–Trinajstić information content (AvgIpc) is 2.37. The highest BCUT2D eigenvalue weighted by Crippen LogP contribution is 2.17. The van der Waals surface area contributed by atoms with Gasteiger partial charge in [-0.25, -0.2) is 0 Å². The van der Waals surface area contributed by atoms with E-state index in [1.807, 2.05) is 0 Å². The van der Waals surface area contributed by atoms with Crippen molar-refractivity contribution in [3.63, 3.8) is 0 Å².